The van der Waals surface area contributed by atoms with E-state index in [0.29, 0.717) is 6.04 Å². The van der Waals surface area contributed by atoms with E-state index in [4.69, 9.17) is 10.5 Å². The fraction of sp³-hybridized carbons (Fsp3) is 0.727. The van der Waals surface area contributed by atoms with E-state index in [2.05, 4.69) is 18.8 Å². The maximum atomic E-state index is 5.79. The van der Waals surface area contributed by atoms with Crippen molar-refractivity contribution in [2.45, 2.75) is 46.1 Å². The third-order valence-corrected chi connectivity index (χ3v) is 2.47. The van der Waals surface area contributed by atoms with Gasteiger partial charge >= 0.3 is 0 Å². The molecule has 0 aromatic heterocycles. The fourth-order valence-corrected chi connectivity index (χ4v) is 1.38. The molecule has 1 aliphatic rings. The van der Waals surface area contributed by atoms with Crippen molar-refractivity contribution in [2.24, 2.45) is 10.7 Å². The first kappa shape index (κ1) is 11.1. The number of allylic oxidation sites excluding steroid dienone is 1. The van der Waals surface area contributed by atoms with E-state index in [-0.39, 0.29) is 0 Å². The molecule has 0 bridgehead atoms. The predicted molar refractivity (Wildman–Crippen MR) is 59.3 cm³/mol. The molecule has 0 aliphatic carbocycles. The topological polar surface area (TPSA) is 47.6 Å². The monoisotopic (exact) mass is 196 g/mol. The van der Waals surface area contributed by atoms with Crippen molar-refractivity contribution in [1.82, 2.24) is 0 Å². The zero-order valence-electron chi connectivity index (χ0n) is 9.34. The lowest BCUT2D eigenvalue weighted by Gasteiger charge is -2.20. The number of ether oxygens (including phenoxy) is 1. The van der Waals surface area contributed by atoms with Crippen LogP contribution in [0.5, 0.6) is 0 Å². The summed E-state index contributed by atoms with van der Waals surface area (Å²) in [5.41, 5.74) is 7.73. The molecule has 0 aromatic carbocycles. The van der Waals surface area contributed by atoms with Crippen molar-refractivity contribution in [3.05, 3.63) is 11.3 Å². The molecule has 1 atom stereocenters. The number of hydrogen-bond acceptors (Lipinski definition) is 3. The second-order valence-electron chi connectivity index (χ2n) is 3.81. The van der Waals surface area contributed by atoms with Crippen molar-refractivity contribution in [1.29, 1.82) is 0 Å². The third kappa shape index (κ3) is 2.76. The minimum absolute atomic E-state index is 0.317. The lowest BCUT2D eigenvalue weighted by molar-refractivity contribution is 0.277. The molecule has 0 radical (unpaired) electrons. The molecular weight excluding hydrogens is 176 g/mol. The molecule has 1 fully saturated rings. The van der Waals surface area contributed by atoms with E-state index in [1.54, 1.807) is 0 Å². The summed E-state index contributed by atoms with van der Waals surface area (Å²) < 4.78 is 5.54. The smallest absolute Gasteiger partial charge is 0.213 e. The number of nitrogens with two attached hydrogens (primary N) is 1. The van der Waals surface area contributed by atoms with E-state index in [1.165, 1.54) is 0 Å². The van der Waals surface area contributed by atoms with Crippen LogP contribution in [0, 0.1) is 0 Å². The van der Waals surface area contributed by atoms with E-state index in [1.807, 2.05) is 6.92 Å². The van der Waals surface area contributed by atoms with Gasteiger partial charge in [-0.15, -0.1) is 0 Å². The van der Waals surface area contributed by atoms with Crippen molar-refractivity contribution < 1.29 is 4.74 Å². The van der Waals surface area contributed by atoms with Gasteiger partial charge in [0, 0.05) is 11.3 Å². The molecule has 0 amide bonds. The van der Waals surface area contributed by atoms with Crippen LogP contribution in [0.1, 0.15) is 40.0 Å². The minimum Gasteiger partial charge on any atom is -0.478 e. The van der Waals surface area contributed by atoms with Crippen molar-refractivity contribution in [3.63, 3.8) is 0 Å². The van der Waals surface area contributed by atoms with E-state index in [0.717, 1.165) is 43.0 Å². The molecule has 3 heteroatoms. The van der Waals surface area contributed by atoms with Crippen LogP contribution in [-0.4, -0.2) is 18.5 Å². The number of hydrogen-bond donors (Lipinski definition) is 1. The van der Waals surface area contributed by atoms with Crippen LogP contribution in [0.4, 0.5) is 0 Å². The summed E-state index contributed by atoms with van der Waals surface area (Å²) in [4.78, 5) is 4.51. The van der Waals surface area contributed by atoms with Crippen LogP contribution in [0.15, 0.2) is 16.3 Å². The Balaban J connectivity index is 2.83. The number of nitrogens with zero attached hydrogens (tertiary/aromatic N) is 1. The zero-order valence-corrected chi connectivity index (χ0v) is 9.34. The highest BCUT2D eigenvalue weighted by molar-refractivity contribution is 5.94. The van der Waals surface area contributed by atoms with Crippen LogP contribution < -0.4 is 5.73 Å². The molecule has 1 saturated heterocycles. The van der Waals surface area contributed by atoms with Crippen LogP contribution >= 0.6 is 0 Å². The largest absolute Gasteiger partial charge is 0.478 e. The molecular formula is C11H20N2O. The zero-order chi connectivity index (χ0) is 10.6. The Morgan fingerprint density at radius 1 is 1.64 bits per heavy atom. The van der Waals surface area contributed by atoms with Gasteiger partial charge in [0.05, 0.1) is 12.6 Å². The van der Waals surface area contributed by atoms with Gasteiger partial charge in [-0.3, -0.25) is 0 Å². The number of aliphatic imine (C=N–C) groups is 1. The van der Waals surface area contributed by atoms with Gasteiger partial charge in [0.15, 0.2) is 0 Å². The minimum atomic E-state index is 0.317. The molecule has 1 unspecified atom stereocenters. The SMILES string of the molecule is CCC(C)N=C1OCCC/C1=C(\C)N. The van der Waals surface area contributed by atoms with Crippen molar-refractivity contribution >= 4 is 5.90 Å². The quantitative estimate of drug-likeness (QED) is 0.736. The van der Waals surface area contributed by atoms with Gasteiger partial charge in [-0.25, -0.2) is 4.99 Å². The average Bonchev–Trinajstić information content (AvgIpc) is 2.18. The summed E-state index contributed by atoms with van der Waals surface area (Å²) in [5.74, 6) is 0.769. The lowest BCUT2D eigenvalue weighted by Crippen LogP contribution is -2.21. The van der Waals surface area contributed by atoms with Crippen LogP contribution in [0.3, 0.4) is 0 Å². The molecule has 1 heterocycles. The summed E-state index contributed by atoms with van der Waals surface area (Å²) in [6, 6.07) is 0.317. The first-order chi connectivity index (χ1) is 6.65. The van der Waals surface area contributed by atoms with Gasteiger partial charge in [0.1, 0.15) is 0 Å². The molecule has 14 heavy (non-hydrogen) atoms. The van der Waals surface area contributed by atoms with Gasteiger partial charge in [0.2, 0.25) is 5.90 Å². The molecule has 0 aromatic rings. The van der Waals surface area contributed by atoms with Gasteiger partial charge in [-0.05, 0) is 33.1 Å². The van der Waals surface area contributed by atoms with Crippen LogP contribution in [0.25, 0.3) is 0 Å². The van der Waals surface area contributed by atoms with Crippen molar-refractivity contribution in [3.8, 4) is 0 Å². The first-order valence-electron chi connectivity index (χ1n) is 5.31. The Kier molecular flexibility index (Phi) is 3.98. The summed E-state index contributed by atoms with van der Waals surface area (Å²) in [6.07, 6.45) is 3.07. The highest BCUT2D eigenvalue weighted by Crippen LogP contribution is 2.18. The van der Waals surface area contributed by atoms with Crippen molar-refractivity contribution in [2.75, 3.05) is 6.61 Å². The summed E-state index contributed by atoms with van der Waals surface area (Å²) in [6.45, 7) is 6.90. The first-order valence-corrected chi connectivity index (χ1v) is 5.31. The van der Waals surface area contributed by atoms with Gasteiger partial charge in [-0.1, -0.05) is 6.92 Å². The molecule has 2 N–H and O–H groups in total. The van der Waals surface area contributed by atoms with Gasteiger partial charge in [0.25, 0.3) is 0 Å². The van der Waals surface area contributed by atoms with Gasteiger partial charge in [-0.2, -0.15) is 0 Å². The maximum Gasteiger partial charge on any atom is 0.213 e. The second-order valence-corrected chi connectivity index (χ2v) is 3.81. The van der Waals surface area contributed by atoms with Crippen LogP contribution in [0.2, 0.25) is 0 Å². The Morgan fingerprint density at radius 3 is 2.93 bits per heavy atom. The summed E-state index contributed by atoms with van der Waals surface area (Å²) in [7, 11) is 0. The van der Waals surface area contributed by atoms with E-state index < -0.39 is 0 Å². The molecule has 0 saturated carbocycles. The molecule has 0 spiro atoms. The van der Waals surface area contributed by atoms with E-state index in [9.17, 15) is 0 Å². The van der Waals surface area contributed by atoms with Gasteiger partial charge < -0.3 is 10.5 Å². The third-order valence-electron chi connectivity index (χ3n) is 2.47. The Labute approximate surface area is 86.0 Å². The van der Waals surface area contributed by atoms with Crippen LogP contribution in [-0.2, 0) is 4.74 Å². The Hall–Kier alpha value is -0.990. The Morgan fingerprint density at radius 2 is 2.36 bits per heavy atom. The second kappa shape index (κ2) is 5.03. The fourth-order valence-electron chi connectivity index (χ4n) is 1.38. The molecule has 1 rings (SSSR count). The maximum absolute atomic E-state index is 5.79. The molecule has 1 aliphatic heterocycles. The van der Waals surface area contributed by atoms with E-state index >= 15 is 0 Å². The number of rotatable bonds is 2. The highest BCUT2D eigenvalue weighted by atomic mass is 16.5. The lowest BCUT2D eigenvalue weighted by atomic mass is 10.1. The summed E-state index contributed by atoms with van der Waals surface area (Å²) >= 11 is 0. The molecule has 3 nitrogen and oxygen atoms in total. The Bertz CT molecular complexity index is 252. The predicted octanol–water partition coefficient (Wildman–Crippen LogP) is 2.23. The summed E-state index contributed by atoms with van der Waals surface area (Å²) in [5, 5.41) is 0. The normalized spacial score (nSPS) is 25.8. The standard InChI is InChI=1S/C11H20N2O/c1-4-8(2)13-11-10(9(3)12)6-5-7-14-11/h8H,4-7,12H2,1-3H3/b10-9-,13-11?. The molecule has 80 valence electrons. The highest BCUT2D eigenvalue weighted by Gasteiger charge is 2.16. The average molecular weight is 196 g/mol.